The maximum Gasteiger partial charge on any atom is 0.311 e. The molecular weight excluding hydrogens is 362 g/mol. The van der Waals surface area contributed by atoms with E-state index in [1.807, 2.05) is 6.92 Å². The van der Waals surface area contributed by atoms with Gasteiger partial charge in [0.15, 0.2) is 0 Å². The Morgan fingerprint density at radius 3 is 2.54 bits per heavy atom. The summed E-state index contributed by atoms with van der Waals surface area (Å²) >= 11 is 0. The molecule has 0 aromatic heterocycles. The molecular formula is C20H19N3O5. The molecule has 2 amide bonds. The number of para-hydroxylation sites is 2. The van der Waals surface area contributed by atoms with Crippen LogP contribution in [0.15, 0.2) is 54.1 Å². The monoisotopic (exact) mass is 381 g/mol. The molecule has 1 atom stereocenters. The minimum atomic E-state index is -0.588. The summed E-state index contributed by atoms with van der Waals surface area (Å²) in [4.78, 5) is 35.9. The molecule has 2 aromatic carbocycles. The third kappa shape index (κ3) is 3.71. The quantitative estimate of drug-likeness (QED) is 0.358. The number of benzene rings is 2. The van der Waals surface area contributed by atoms with E-state index in [2.05, 4.69) is 5.43 Å². The Balaban J connectivity index is 2.03. The molecule has 144 valence electrons. The third-order valence-electron chi connectivity index (χ3n) is 4.32. The Bertz CT molecular complexity index is 956. The molecule has 1 saturated heterocycles. The summed E-state index contributed by atoms with van der Waals surface area (Å²) in [6.45, 7) is 3.68. The predicted octanol–water partition coefficient (Wildman–Crippen LogP) is 3.23. The van der Waals surface area contributed by atoms with Gasteiger partial charge < -0.3 is 4.74 Å². The summed E-state index contributed by atoms with van der Waals surface area (Å²) in [5.74, 6) is -1.10. The normalized spacial score (nSPS) is 16.2. The fraction of sp³-hybridized carbons (Fsp3) is 0.200. The minimum Gasteiger partial charge on any atom is -0.483 e. The maximum atomic E-state index is 12.7. The molecule has 2 aromatic rings. The van der Waals surface area contributed by atoms with Crippen LogP contribution in [0.1, 0.15) is 25.8 Å². The highest BCUT2D eigenvalue weighted by Crippen LogP contribution is 2.34. The first-order valence-electron chi connectivity index (χ1n) is 8.78. The summed E-state index contributed by atoms with van der Waals surface area (Å²) in [5, 5.41) is 12.5. The van der Waals surface area contributed by atoms with Crippen molar-refractivity contribution in [2.24, 2.45) is 0 Å². The van der Waals surface area contributed by atoms with E-state index in [0.717, 1.165) is 5.01 Å². The van der Waals surface area contributed by atoms with Gasteiger partial charge in [-0.05, 0) is 31.6 Å². The summed E-state index contributed by atoms with van der Waals surface area (Å²) in [7, 11) is 0. The van der Waals surface area contributed by atoms with Crippen LogP contribution in [-0.2, 0) is 9.59 Å². The number of nitrogens with one attached hydrogen (secondary N) is 1. The lowest BCUT2D eigenvalue weighted by molar-refractivity contribution is -0.386. The fourth-order valence-electron chi connectivity index (χ4n) is 2.68. The van der Waals surface area contributed by atoms with Gasteiger partial charge in [0, 0.05) is 11.6 Å². The van der Waals surface area contributed by atoms with Crippen LogP contribution < -0.4 is 15.2 Å². The van der Waals surface area contributed by atoms with Gasteiger partial charge in [-0.2, -0.15) is 0 Å². The molecule has 1 fully saturated rings. The van der Waals surface area contributed by atoms with Crippen LogP contribution in [0.25, 0.3) is 6.08 Å². The molecule has 1 aliphatic heterocycles. The highest BCUT2D eigenvalue weighted by atomic mass is 16.6. The van der Waals surface area contributed by atoms with Crippen molar-refractivity contribution in [3.63, 3.8) is 0 Å². The molecule has 0 aliphatic carbocycles. The van der Waals surface area contributed by atoms with Crippen LogP contribution in [0.3, 0.4) is 0 Å². The molecule has 8 nitrogen and oxygen atoms in total. The Labute approximate surface area is 161 Å². The lowest BCUT2D eigenvalue weighted by Gasteiger charge is -2.15. The number of nitro groups is 1. The van der Waals surface area contributed by atoms with Crippen molar-refractivity contribution in [3.8, 4) is 5.75 Å². The molecule has 0 spiro atoms. The number of hydrogen-bond acceptors (Lipinski definition) is 5. The van der Waals surface area contributed by atoms with Crippen LogP contribution in [-0.4, -0.2) is 22.8 Å². The number of nitrogens with zero attached hydrogens (tertiary/aromatic N) is 2. The van der Waals surface area contributed by atoms with E-state index in [4.69, 9.17) is 4.74 Å². The average Bonchev–Trinajstić information content (AvgIpc) is 2.97. The first-order chi connectivity index (χ1) is 13.4. The topological polar surface area (TPSA) is 102 Å². The third-order valence-corrected chi connectivity index (χ3v) is 4.32. The molecule has 1 aliphatic rings. The molecule has 3 rings (SSSR count). The number of carbonyl (C=O) groups is 2. The summed E-state index contributed by atoms with van der Waals surface area (Å²) in [6, 6.07) is 13.0. The van der Waals surface area contributed by atoms with Crippen molar-refractivity contribution >= 4 is 29.3 Å². The zero-order valence-corrected chi connectivity index (χ0v) is 15.4. The predicted molar refractivity (Wildman–Crippen MR) is 104 cm³/mol. The number of amides is 2. The smallest absolute Gasteiger partial charge is 0.311 e. The highest BCUT2D eigenvalue weighted by Gasteiger charge is 2.35. The van der Waals surface area contributed by atoms with Crippen LogP contribution >= 0.6 is 0 Å². The lowest BCUT2D eigenvalue weighted by Crippen LogP contribution is -2.35. The van der Waals surface area contributed by atoms with Crippen molar-refractivity contribution in [2.75, 3.05) is 5.01 Å². The second kappa shape index (κ2) is 7.91. The number of nitro benzene ring substituents is 1. The van der Waals surface area contributed by atoms with Crippen LogP contribution in [0.5, 0.6) is 5.75 Å². The number of hydrazine groups is 1. The number of rotatable bonds is 6. The summed E-state index contributed by atoms with van der Waals surface area (Å²) in [6.07, 6.45) is 1.70. The van der Waals surface area contributed by atoms with Gasteiger partial charge in [-0.15, -0.1) is 0 Å². The van der Waals surface area contributed by atoms with E-state index in [9.17, 15) is 19.7 Å². The molecule has 0 unspecified atom stereocenters. The zero-order chi connectivity index (χ0) is 20.3. The van der Waals surface area contributed by atoms with Gasteiger partial charge in [-0.3, -0.25) is 25.1 Å². The van der Waals surface area contributed by atoms with Gasteiger partial charge in [0.25, 0.3) is 11.8 Å². The molecule has 8 heteroatoms. The SMILES string of the molecule is CC[C@H](C)Oc1c(/C=C2/C(=O)NN(c3ccccc3)C2=O)cccc1[N+](=O)[O-]. The molecule has 1 heterocycles. The van der Waals surface area contributed by atoms with E-state index in [0.29, 0.717) is 17.7 Å². The summed E-state index contributed by atoms with van der Waals surface area (Å²) < 4.78 is 5.74. The van der Waals surface area contributed by atoms with E-state index in [-0.39, 0.29) is 23.1 Å². The minimum absolute atomic E-state index is 0.0353. The number of carbonyl (C=O) groups excluding carboxylic acids is 2. The first kappa shape index (κ1) is 19.1. The maximum absolute atomic E-state index is 12.7. The van der Waals surface area contributed by atoms with Gasteiger partial charge in [0.05, 0.1) is 16.7 Å². The Hall–Kier alpha value is -3.68. The van der Waals surface area contributed by atoms with Crippen molar-refractivity contribution in [1.82, 2.24) is 5.43 Å². The van der Waals surface area contributed by atoms with Crippen molar-refractivity contribution in [3.05, 3.63) is 69.8 Å². The second-order valence-electron chi connectivity index (χ2n) is 6.26. The number of ether oxygens (including phenoxy) is 1. The van der Waals surface area contributed by atoms with Gasteiger partial charge in [0.2, 0.25) is 5.75 Å². The Morgan fingerprint density at radius 1 is 1.18 bits per heavy atom. The van der Waals surface area contributed by atoms with Gasteiger partial charge >= 0.3 is 5.69 Å². The molecule has 0 bridgehead atoms. The van der Waals surface area contributed by atoms with E-state index in [1.54, 1.807) is 43.3 Å². The lowest BCUT2D eigenvalue weighted by atomic mass is 10.1. The van der Waals surface area contributed by atoms with Crippen molar-refractivity contribution in [2.45, 2.75) is 26.4 Å². The summed E-state index contributed by atoms with van der Waals surface area (Å²) in [5.41, 5.74) is 2.96. The average molecular weight is 381 g/mol. The standard InChI is InChI=1S/C20H19N3O5/c1-3-13(2)28-18-14(8-7-11-17(18)23(26)27)12-16-19(24)21-22(20(16)25)15-9-5-4-6-10-15/h4-13H,3H2,1-2H3,(H,21,24)/b16-12-/t13-/m0/s1. The Kier molecular flexibility index (Phi) is 5.39. The Morgan fingerprint density at radius 2 is 1.89 bits per heavy atom. The highest BCUT2D eigenvalue weighted by molar-refractivity contribution is 6.31. The van der Waals surface area contributed by atoms with Crippen molar-refractivity contribution < 1.29 is 19.2 Å². The fourth-order valence-corrected chi connectivity index (χ4v) is 2.68. The van der Waals surface area contributed by atoms with E-state index >= 15 is 0 Å². The molecule has 0 saturated carbocycles. The molecule has 1 N–H and O–H groups in total. The zero-order valence-electron chi connectivity index (χ0n) is 15.4. The molecule has 0 radical (unpaired) electrons. The van der Waals surface area contributed by atoms with Gasteiger partial charge in [-0.25, -0.2) is 5.01 Å². The second-order valence-corrected chi connectivity index (χ2v) is 6.26. The van der Waals surface area contributed by atoms with Crippen LogP contribution in [0, 0.1) is 10.1 Å². The van der Waals surface area contributed by atoms with Crippen LogP contribution in [0.4, 0.5) is 11.4 Å². The van der Waals surface area contributed by atoms with E-state index < -0.39 is 16.7 Å². The van der Waals surface area contributed by atoms with Gasteiger partial charge in [0.1, 0.15) is 5.57 Å². The molecule has 28 heavy (non-hydrogen) atoms. The van der Waals surface area contributed by atoms with Crippen molar-refractivity contribution in [1.29, 1.82) is 0 Å². The first-order valence-corrected chi connectivity index (χ1v) is 8.78. The van der Waals surface area contributed by atoms with E-state index in [1.165, 1.54) is 18.2 Å². The number of anilines is 1. The number of hydrogen-bond donors (Lipinski definition) is 1. The van der Waals surface area contributed by atoms with Gasteiger partial charge in [-0.1, -0.05) is 37.3 Å². The largest absolute Gasteiger partial charge is 0.483 e. The van der Waals surface area contributed by atoms with Crippen LogP contribution in [0.2, 0.25) is 0 Å².